The highest BCUT2D eigenvalue weighted by Gasteiger charge is 2.44. The van der Waals surface area contributed by atoms with E-state index in [1.165, 1.54) is 0 Å². The van der Waals surface area contributed by atoms with E-state index in [1.54, 1.807) is 12.1 Å². The van der Waals surface area contributed by atoms with Crippen LogP contribution in [0.25, 0.3) is 0 Å². The van der Waals surface area contributed by atoms with E-state index in [9.17, 15) is 8.78 Å². The van der Waals surface area contributed by atoms with Gasteiger partial charge < -0.3 is 10.1 Å². The summed E-state index contributed by atoms with van der Waals surface area (Å²) in [7, 11) is 0. The topological polar surface area (TPSA) is 21.3 Å². The molecule has 1 aromatic carbocycles. The number of fused-ring (bicyclic) bond motifs is 1. The number of likely N-dealkylation sites (N-methyl/N-ethyl adjacent to an activating group) is 1. The van der Waals surface area contributed by atoms with Gasteiger partial charge in [-0.15, -0.1) is 0 Å². The Morgan fingerprint density at radius 1 is 1.44 bits per heavy atom. The maximum absolute atomic E-state index is 13.3. The van der Waals surface area contributed by atoms with Gasteiger partial charge in [0.1, 0.15) is 5.54 Å². The van der Waals surface area contributed by atoms with Crippen LogP contribution >= 0.6 is 0 Å². The van der Waals surface area contributed by atoms with Crippen molar-refractivity contribution >= 4 is 0 Å². The zero-order chi connectivity index (χ0) is 11.6. The smallest absolute Gasteiger partial charge is 0.262 e. The molecule has 0 bridgehead atoms. The third-order valence-corrected chi connectivity index (χ3v) is 2.95. The second kappa shape index (κ2) is 4.47. The number of hydrogen-bond acceptors (Lipinski definition) is 2. The molecule has 0 aliphatic carbocycles. The Balaban J connectivity index is 2.48. The van der Waals surface area contributed by atoms with Crippen LogP contribution in [0, 0.1) is 0 Å². The zero-order valence-corrected chi connectivity index (χ0v) is 9.17. The van der Waals surface area contributed by atoms with Crippen LogP contribution in [-0.2, 0) is 16.9 Å². The van der Waals surface area contributed by atoms with E-state index in [1.807, 2.05) is 19.1 Å². The minimum Gasteiger partial charge on any atom is -0.374 e. The molecule has 1 aromatic rings. The average Bonchev–Trinajstić information content (AvgIpc) is 2.29. The fraction of sp³-hybridized carbons (Fsp3) is 0.500. The van der Waals surface area contributed by atoms with Crippen molar-refractivity contribution in [2.75, 3.05) is 13.2 Å². The fourth-order valence-electron chi connectivity index (χ4n) is 2.20. The summed E-state index contributed by atoms with van der Waals surface area (Å²) in [5.41, 5.74) is 0.164. The lowest BCUT2D eigenvalue weighted by molar-refractivity contribution is -0.0522. The predicted octanol–water partition coefficient (Wildman–Crippen LogP) is 2.29. The van der Waals surface area contributed by atoms with Crippen molar-refractivity contribution in [1.82, 2.24) is 5.32 Å². The Labute approximate surface area is 93.6 Å². The van der Waals surface area contributed by atoms with E-state index < -0.39 is 12.0 Å². The monoisotopic (exact) mass is 227 g/mol. The van der Waals surface area contributed by atoms with Crippen LogP contribution in [0.1, 0.15) is 18.1 Å². The molecule has 1 N–H and O–H groups in total. The Bertz CT molecular complexity index is 370. The molecule has 0 amide bonds. The van der Waals surface area contributed by atoms with Crippen molar-refractivity contribution in [3.8, 4) is 0 Å². The highest BCUT2D eigenvalue weighted by molar-refractivity contribution is 5.36. The first-order chi connectivity index (χ1) is 7.70. The Morgan fingerprint density at radius 3 is 2.88 bits per heavy atom. The summed E-state index contributed by atoms with van der Waals surface area (Å²) >= 11 is 0. The number of rotatable bonds is 3. The van der Waals surface area contributed by atoms with E-state index in [0.717, 1.165) is 5.56 Å². The number of hydrogen-bond donors (Lipinski definition) is 1. The van der Waals surface area contributed by atoms with Crippen molar-refractivity contribution in [1.29, 1.82) is 0 Å². The third-order valence-electron chi connectivity index (χ3n) is 2.95. The van der Waals surface area contributed by atoms with Crippen LogP contribution in [0.4, 0.5) is 8.78 Å². The standard InChI is InChI=1S/C12H15F2NO/c1-2-15-12(11(13)14)8-16-7-9-5-3-4-6-10(9)12/h3-6,11,15H,2,7-8H2,1H3. The molecule has 4 heteroatoms. The Hall–Kier alpha value is -1.00. The molecule has 88 valence electrons. The normalized spacial score (nSPS) is 24.5. The van der Waals surface area contributed by atoms with Crippen molar-refractivity contribution in [3.63, 3.8) is 0 Å². The van der Waals surface area contributed by atoms with Gasteiger partial charge in [-0.1, -0.05) is 31.2 Å². The van der Waals surface area contributed by atoms with Gasteiger partial charge in [0.2, 0.25) is 0 Å². The maximum Gasteiger partial charge on any atom is 0.262 e. The van der Waals surface area contributed by atoms with E-state index in [-0.39, 0.29) is 6.61 Å². The number of benzene rings is 1. The molecule has 1 aliphatic rings. The molecule has 0 radical (unpaired) electrons. The van der Waals surface area contributed by atoms with E-state index in [0.29, 0.717) is 18.7 Å². The SMILES string of the molecule is CCNC1(C(F)F)COCc2ccccc21. The second-order valence-corrected chi connectivity index (χ2v) is 3.95. The summed E-state index contributed by atoms with van der Waals surface area (Å²) in [6.07, 6.45) is -2.48. The molecule has 0 spiro atoms. The summed E-state index contributed by atoms with van der Waals surface area (Å²) < 4.78 is 31.9. The highest BCUT2D eigenvalue weighted by atomic mass is 19.3. The summed E-state index contributed by atoms with van der Waals surface area (Å²) in [6, 6.07) is 7.23. The number of alkyl halides is 2. The van der Waals surface area contributed by atoms with Crippen LogP contribution in [0.15, 0.2) is 24.3 Å². The quantitative estimate of drug-likeness (QED) is 0.855. The minimum absolute atomic E-state index is 0.0233. The van der Waals surface area contributed by atoms with Gasteiger partial charge in [-0.25, -0.2) is 8.78 Å². The van der Waals surface area contributed by atoms with E-state index in [2.05, 4.69) is 5.32 Å². The van der Waals surface area contributed by atoms with Gasteiger partial charge >= 0.3 is 0 Å². The van der Waals surface area contributed by atoms with E-state index >= 15 is 0 Å². The van der Waals surface area contributed by atoms with Gasteiger partial charge in [-0.05, 0) is 17.7 Å². The van der Waals surface area contributed by atoms with Gasteiger partial charge in [0, 0.05) is 0 Å². The molecule has 2 nitrogen and oxygen atoms in total. The molecule has 0 saturated heterocycles. The van der Waals surface area contributed by atoms with Gasteiger partial charge in [0.05, 0.1) is 13.2 Å². The fourth-order valence-corrected chi connectivity index (χ4v) is 2.20. The number of ether oxygens (including phenoxy) is 1. The van der Waals surface area contributed by atoms with Crippen LogP contribution in [0.2, 0.25) is 0 Å². The molecule has 0 aromatic heterocycles. The molecule has 1 heterocycles. The third kappa shape index (κ3) is 1.72. The lowest BCUT2D eigenvalue weighted by Crippen LogP contribution is -2.54. The lowest BCUT2D eigenvalue weighted by Gasteiger charge is -2.38. The summed E-state index contributed by atoms with van der Waals surface area (Å²) in [6.45, 7) is 2.74. The van der Waals surface area contributed by atoms with Crippen molar-refractivity contribution in [3.05, 3.63) is 35.4 Å². The van der Waals surface area contributed by atoms with Gasteiger partial charge in [0.25, 0.3) is 6.43 Å². The zero-order valence-electron chi connectivity index (χ0n) is 9.17. The second-order valence-electron chi connectivity index (χ2n) is 3.95. The van der Waals surface area contributed by atoms with Crippen LogP contribution in [0.5, 0.6) is 0 Å². The van der Waals surface area contributed by atoms with Crippen LogP contribution in [-0.4, -0.2) is 19.6 Å². The minimum atomic E-state index is -2.48. The first-order valence-corrected chi connectivity index (χ1v) is 5.40. The number of nitrogens with one attached hydrogen (secondary N) is 1. The van der Waals surface area contributed by atoms with Crippen molar-refractivity contribution in [2.24, 2.45) is 0 Å². The molecule has 1 atom stereocenters. The average molecular weight is 227 g/mol. The molecular weight excluding hydrogens is 212 g/mol. The first-order valence-electron chi connectivity index (χ1n) is 5.40. The van der Waals surface area contributed by atoms with Gasteiger partial charge in [-0.2, -0.15) is 0 Å². The van der Waals surface area contributed by atoms with Crippen LogP contribution < -0.4 is 5.32 Å². The van der Waals surface area contributed by atoms with Gasteiger partial charge in [-0.3, -0.25) is 0 Å². The lowest BCUT2D eigenvalue weighted by atomic mass is 9.85. The summed E-state index contributed by atoms with van der Waals surface area (Å²) in [5, 5.41) is 2.88. The molecule has 0 saturated carbocycles. The van der Waals surface area contributed by atoms with Gasteiger partial charge in [0.15, 0.2) is 0 Å². The van der Waals surface area contributed by atoms with Crippen molar-refractivity contribution < 1.29 is 13.5 Å². The molecule has 16 heavy (non-hydrogen) atoms. The maximum atomic E-state index is 13.3. The first kappa shape index (κ1) is 11.5. The van der Waals surface area contributed by atoms with Crippen LogP contribution in [0.3, 0.4) is 0 Å². The molecule has 2 rings (SSSR count). The molecule has 0 fully saturated rings. The predicted molar refractivity (Wildman–Crippen MR) is 57.5 cm³/mol. The molecule has 1 unspecified atom stereocenters. The Kier molecular flexibility index (Phi) is 3.21. The summed E-state index contributed by atoms with van der Waals surface area (Å²) in [4.78, 5) is 0. The highest BCUT2D eigenvalue weighted by Crippen LogP contribution is 2.35. The number of halogens is 2. The van der Waals surface area contributed by atoms with Crippen molar-refractivity contribution in [2.45, 2.75) is 25.5 Å². The summed E-state index contributed by atoms with van der Waals surface area (Å²) in [5.74, 6) is 0. The molecule has 1 aliphatic heterocycles. The largest absolute Gasteiger partial charge is 0.374 e. The Morgan fingerprint density at radius 2 is 2.19 bits per heavy atom. The molecular formula is C12H15F2NO. The van der Waals surface area contributed by atoms with E-state index in [4.69, 9.17) is 4.74 Å².